The molecule has 0 saturated carbocycles. The normalized spacial score (nSPS) is 15.4. The van der Waals surface area contributed by atoms with Gasteiger partial charge >= 0.3 is 0 Å². The van der Waals surface area contributed by atoms with Crippen LogP contribution in [0.3, 0.4) is 0 Å². The van der Waals surface area contributed by atoms with Crippen LogP contribution in [0.25, 0.3) is 21.8 Å². The largest absolute Gasteiger partial charge is 0.339 e. The predicted octanol–water partition coefficient (Wildman–Crippen LogP) is 4.74. The number of imidazole rings is 1. The van der Waals surface area contributed by atoms with Crippen molar-refractivity contribution < 1.29 is 4.79 Å². The highest BCUT2D eigenvalue weighted by molar-refractivity contribution is 6.07. The number of hydrogen-bond donors (Lipinski definition) is 0. The van der Waals surface area contributed by atoms with Gasteiger partial charge in [-0.25, -0.2) is 4.98 Å². The second kappa shape index (κ2) is 7.12. The summed E-state index contributed by atoms with van der Waals surface area (Å²) >= 11 is 0. The lowest BCUT2D eigenvalue weighted by Gasteiger charge is -2.32. The molecule has 0 spiro atoms. The molecule has 4 aromatic rings. The van der Waals surface area contributed by atoms with E-state index >= 15 is 0 Å². The van der Waals surface area contributed by atoms with Crippen LogP contribution >= 0.6 is 0 Å². The number of benzene rings is 3. The zero-order valence-corrected chi connectivity index (χ0v) is 15.8. The van der Waals surface area contributed by atoms with Crippen molar-refractivity contribution in [2.75, 3.05) is 13.1 Å². The van der Waals surface area contributed by atoms with Crippen molar-refractivity contribution in [1.82, 2.24) is 14.5 Å². The third-order valence-corrected chi connectivity index (χ3v) is 5.90. The number of nitrogens with zero attached hydrogens (tertiary/aromatic N) is 3. The van der Waals surface area contributed by atoms with Crippen LogP contribution in [0.2, 0.25) is 0 Å². The minimum Gasteiger partial charge on any atom is -0.339 e. The lowest BCUT2D eigenvalue weighted by atomic mass is 9.95. The van der Waals surface area contributed by atoms with Crippen LogP contribution < -0.4 is 0 Å². The second-order valence-corrected chi connectivity index (χ2v) is 7.65. The minimum absolute atomic E-state index is 0.156. The number of likely N-dealkylation sites (tertiary alicyclic amines) is 1. The fourth-order valence-electron chi connectivity index (χ4n) is 4.33. The summed E-state index contributed by atoms with van der Waals surface area (Å²) < 4.78 is 2.25. The van der Waals surface area contributed by atoms with E-state index in [1.54, 1.807) is 0 Å². The Morgan fingerprint density at radius 3 is 2.57 bits per heavy atom. The fraction of sp³-hybridized carbons (Fsp3) is 0.250. The smallest absolute Gasteiger partial charge is 0.254 e. The van der Waals surface area contributed by atoms with Crippen molar-refractivity contribution >= 4 is 27.7 Å². The first-order chi connectivity index (χ1) is 13.8. The van der Waals surface area contributed by atoms with Crippen LogP contribution in [-0.2, 0) is 6.54 Å². The molecule has 1 amide bonds. The van der Waals surface area contributed by atoms with Crippen molar-refractivity contribution in [2.24, 2.45) is 5.92 Å². The van der Waals surface area contributed by atoms with Crippen molar-refractivity contribution in [3.63, 3.8) is 0 Å². The van der Waals surface area contributed by atoms with Crippen LogP contribution in [0.1, 0.15) is 23.2 Å². The van der Waals surface area contributed by atoms with Crippen molar-refractivity contribution in [3.05, 3.63) is 78.6 Å². The fourth-order valence-corrected chi connectivity index (χ4v) is 4.33. The molecule has 4 nitrogen and oxygen atoms in total. The maximum atomic E-state index is 13.1. The molecule has 0 aliphatic carbocycles. The number of para-hydroxylation sites is 2. The number of aromatic nitrogens is 2. The molecule has 1 saturated heterocycles. The van der Waals surface area contributed by atoms with E-state index in [1.807, 2.05) is 47.6 Å². The van der Waals surface area contributed by atoms with Gasteiger partial charge in [-0.15, -0.1) is 0 Å². The Balaban J connectivity index is 1.28. The Bertz CT molecular complexity index is 1130. The number of hydrogen-bond acceptors (Lipinski definition) is 2. The van der Waals surface area contributed by atoms with Gasteiger partial charge in [0.25, 0.3) is 5.91 Å². The molecule has 4 heteroatoms. The highest BCUT2D eigenvalue weighted by Gasteiger charge is 2.25. The summed E-state index contributed by atoms with van der Waals surface area (Å²) in [7, 11) is 0. The van der Waals surface area contributed by atoms with Crippen molar-refractivity contribution in [3.8, 4) is 0 Å². The number of fused-ring (bicyclic) bond motifs is 2. The molecule has 0 N–H and O–H groups in total. The van der Waals surface area contributed by atoms with E-state index in [-0.39, 0.29) is 5.91 Å². The van der Waals surface area contributed by atoms with Gasteiger partial charge in [0.05, 0.1) is 17.4 Å². The van der Waals surface area contributed by atoms with Gasteiger partial charge in [0, 0.05) is 25.2 Å². The Kier molecular flexibility index (Phi) is 4.32. The third-order valence-electron chi connectivity index (χ3n) is 5.90. The monoisotopic (exact) mass is 369 g/mol. The molecule has 3 aromatic carbocycles. The molecule has 28 heavy (non-hydrogen) atoms. The van der Waals surface area contributed by atoms with Gasteiger partial charge in [-0.2, -0.15) is 0 Å². The average molecular weight is 369 g/mol. The number of carbonyl (C=O) groups is 1. The summed E-state index contributed by atoms with van der Waals surface area (Å²) in [6.07, 6.45) is 4.00. The zero-order valence-electron chi connectivity index (χ0n) is 15.8. The van der Waals surface area contributed by atoms with E-state index in [1.165, 1.54) is 5.52 Å². The van der Waals surface area contributed by atoms with E-state index in [0.29, 0.717) is 5.92 Å². The molecule has 0 bridgehead atoms. The lowest BCUT2D eigenvalue weighted by Crippen LogP contribution is -2.39. The van der Waals surface area contributed by atoms with E-state index in [9.17, 15) is 4.79 Å². The quantitative estimate of drug-likeness (QED) is 0.523. The first kappa shape index (κ1) is 17.0. The summed E-state index contributed by atoms with van der Waals surface area (Å²) in [5, 5.41) is 2.16. The Morgan fingerprint density at radius 2 is 1.68 bits per heavy atom. The zero-order chi connectivity index (χ0) is 18.9. The maximum Gasteiger partial charge on any atom is 0.254 e. The van der Waals surface area contributed by atoms with E-state index < -0.39 is 0 Å². The van der Waals surface area contributed by atoms with Gasteiger partial charge in [0.2, 0.25) is 0 Å². The number of rotatable bonds is 3. The molecule has 0 atom stereocenters. The highest BCUT2D eigenvalue weighted by Crippen LogP contribution is 2.25. The Morgan fingerprint density at radius 1 is 0.929 bits per heavy atom. The number of amides is 1. The van der Waals surface area contributed by atoms with Gasteiger partial charge < -0.3 is 9.47 Å². The topological polar surface area (TPSA) is 38.1 Å². The van der Waals surface area contributed by atoms with Crippen LogP contribution in [0.4, 0.5) is 0 Å². The van der Waals surface area contributed by atoms with Gasteiger partial charge in [0.15, 0.2) is 0 Å². The predicted molar refractivity (Wildman–Crippen MR) is 112 cm³/mol. The average Bonchev–Trinajstić information content (AvgIpc) is 3.16. The number of carbonyl (C=O) groups excluding carboxylic acids is 1. The lowest BCUT2D eigenvalue weighted by molar-refractivity contribution is 0.0685. The molecule has 1 aliphatic heterocycles. The van der Waals surface area contributed by atoms with Gasteiger partial charge in [-0.05, 0) is 47.7 Å². The molecule has 0 radical (unpaired) electrons. The van der Waals surface area contributed by atoms with Crippen LogP contribution in [0, 0.1) is 5.92 Å². The molecule has 2 heterocycles. The molecule has 1 aliphatic rings. The molecular weight excluding hydrogens is 346 g/mol. The van der Waals surface area contributed by atoms with Gasteiger partial charge in [0.1, 0.15) is 0 Å². The van der Waals surface area contributed by atoms with Crippen molar-refractivity contribution in [1.29, 1.82) is 0 Å². The Labute approximate surface area is 164 Å². The molecule has 1 aromatic heterocycles. The van der Waals surface area contributed by atoms with Crippen molar-refractivity contribution in [2.45, 2.75) is 19.4 Å². The molecule has 140 valence electrons. The SMILES string of the molecule is O=C(c1cccc2ccccc12)N1CCC(Cn2cnc3ccccc32)CC1. The summed E-state index contributed by atoms with van der Waals surface area (Å²) in [6.45, 7) is 2.61. The standard InChI is InChI=1S/C24H23N3O/c28-24(21-9-5-7-19-6-1-2-8-20(19)21)26-14-12-18(13-15-26)16-27-17-25-22-10-3-4-11-23(22)27/h1-11,17-18H,12-16H2. The van der Waals surface area contributed by atoms with E-state index in [0.717, 1.165) is 54.3 Å². The molecule has 0 unspecified atom stereocenters. The van der Waals surface area contributed by atoms with Gasteiger partial charge in [-0.3, -0.25) is 4.79 Å². The van der Waals surface area contributed by atoms with E-state index in [4.69, 9.17) is 0 Å². The third kappa shape index (κ3) is 3.05. The second-order valence-electron chi connectivity index (χ2n) is 7.65. The van der Waals surface area contributed by atoms with Crippen LogP contribution in [0.15, 0.2) is 73.1 Å². The summed E-state index contributed by atoms with van der Waals surface area (Å²) in [4.78, 5) is 19.6. The van der Waals surface area contributed by atoms with Crippen LogP contribution in [0.5, 0.6) is 0 Å². The highest BCUT2D eigenvalue weighted by atomic mass is 16.2. The summed E-state index contributed by atoms with van der Waals surface area (Å²) in [5.41, 5.74) is 3.06. The molecule has 5 rings (SSSR count). The maximum absolute atomic E-state index is 13.1. The van der Waals surface area contributed by atoms with Crippen LogP contribution in [-0.4, -0.2) is 33.4 Å². The van der Waals surface area contributed by atoms with E-state index in [2.05, 4.69) is 39.9 Å². The molecule has 1 fully saturated rings. The van der Waals surface area contributed by atoms with Gasteiger partial charge in [-0.1, -0.05) is 48.5 Å². The first-order valence-electron chi connectivity index (χ1n) is 9.96. The number of piperidine rings is 1. The Hall–Kier alpha value is -3.14. The molecular formula is C24H23N3O. The first-order valence-corrected chi connectivity index (χ1v) is 9.96. The summed E-state index contributed by atoms with van der Waals surface area (Å²) in [6, 6.07) is 22.4. The summed E-state index contributed by atoms with van der Waals surface area (Å²) in [5.74, 6) is 0.734. The minimum atomic E-state index is 0.156.